The average Bonchev–Trinajstić information content (AvgIpc) is 3.15. The lowest BCUT2D eigenvalue weighted by Gasteiger charge is -2.28. The zero-order chi connectivity index (χ0) is 20.1. The summed E-state index contributed by atoms with van der Waals surface area (Å²) in [7, 11) is 0. The second-order valence-electron chi connectivity index (χ2n) is 6.90. The summed E-state index contributed by atoms with van der Waals surface area (Å²) < 4.78 is 5.31. The number of hydrogen-bond donors (Lipinski definition) is 0. The number of benzene rings is 3. The highest BCUT2D eigenvalue weighted by molar-refractivity contribution is 6.02. The van der Waals surface area contributed by atoms with E-state index >= 15 is 0 Å². The van der Waals surface area contributed by atoms with Crippen molar-refractivity contribution in [3.63, 3.8) is 0 Å². The molecule has 4 heteroatoms. The second-order valence-corrected chi connectivity index (χ2v) is 6.90. The van der Waals surface area contributed by atoms with E-state index in [1.165, 1.54) is 11.0 Å². The molecule has 0 N–H and O–H groups in total. The summed E-state index contributed by atoms with van der Waals surface area (Å²) in [4.78, 5) is 26.6. The van der Waals surface area contributed by atoms with E-state index in [1.54, 1.807) is 6.08 Å². The summed E-state index contributed by atoms with van der Waals surface area (Å²) in [6.45, 7) is 0.165. The van der Waals surface area contributed by atoms with Gasteiger partial charge in [-0.15, -0.1) is 0 Å². The minimum atomic E-state index is -0.602. The zero-order valence-corrected chi connectivity index (χ0v) is 15.8. The minimum Gasteiger partial charge on any atom is -0.447 e. The number of ether oxygens (including phenoxy) is 1. The maximum atomic E-state index is 12.9. The number of hydrogen-bond acceptors (Lipinski definition) is 3. The lowest BCUT2D eigenvalue weighted by atomic mass is 9.85. The van der Waals surface area contributed by atoms with E-state index in [9.17, 15) is 9.59 Å². The van der Waals surface area contributed by atoms with E-state index in [-0.39, 0.29) is 18.4 Å². The molecule has 0 bridgehead atoms. The Labute approximate surface area is 170 Å². The Morgan fingerprint density at radius 3 is 1.93 bits per heavy atom. The molecule has 1 aliphatic heterocycles. The average molecular weight is 383 g/mol. The number of rotatable bonds is 5. The second kappa shape index (κ2) is 8.57. The van der Waals surface area contributed by atoms with Crippen LogP contribution >= 0.6 is 0 Å². The molecule has 1 heterocycles. The van der Waals surface area contributed by atoms with Crippen molar-refractivity contribution in [1.82, 2.24) is 4.90 Å². The highest BCUT2D eigenvalue weighted by Gasteiger charge is 2.42. The van der Waals surface area contributed by atoms with E-state index in [1.807, 2.05) is 91.0 Å². The molecule has 3 aromatic rings. The van der Waals surface area contributed by atoms with Gasteiger partial charge < -0.3 is 4.74 Å². The minimum absolute atomic E-state index is 0.165. The third-order valence-corrected chi connectivity index (χ3v) is 5.06. The highest BCUT2D eigenvalue weighted by Crippen LogP contribution is 2.34. The Bertz CT molecular complexity index is 961. The molecule has 1 atom stereocenters. The van der Waals surface area contributed by atoms with Crippen LogP contribution in [0, 0.1) is 0 Å². The first-order valence-electron chi connectivity index (χ1n) is 9.57. The SMILES string of the molecule is O=C(/C=C/c1ccccc1)N1C(=O)OCC1C(c1ccccc1)c1ccccc1. The summed E-state index contributed by atoms with van der Waals surface area (Å²) in [5, 5.41) is 0. The van der Waals surface area contributed by atoms with Gasteiger partial charge in [0.25, 0.3) is 5.91 Å². The monoisotopic (exact) mass is 383 g/mol. The van der Waals surface area contributed by atoms with E-state index in [4.69, 9.17) is 4.74 Å². The Morgan fingerprint density at radius 2 is 1.38 bits per heavy atom. The van der Waals surface area contributed by atoms with E-state index < -0.39 is 12.1 Å². The number of imide groups is 1. The third kappa shape index (κ3) is 4.11. The summed E-state index contributed by atoms with van der Waals surface area (Å²) in [6.07, 6.45) is 2.54. The van der Waals surface area contributed by atoms with Gasteiger partial charge in [0.05, 0.1) is 6.04 Å². The first-order chi connectivity index (χ1) is 14.2. The Balaban J connectivity index is 1.67. The molecular weight excluding hydrogens is 362 g/mol. The molecule has 1 fully saturated rings. The Hall–Kier alpha value is -3.66. The third-order valence-electron chi connectivity index (χ3n) is 5.06. The lowest BCUT2D eigenvalue weighted by Crippen LogP contribution is -2.41. The quantitative estimate of drug-likeness (QED) is 0.590. The lowest BCUT2D eigenvalue weighted by molar-refractivity contribution is -0.124. The molecule has 1 unspecified atom stereocenters. The normalized spacial score (nSPS) is 16.4. The molecule has 0 saturated carbocycles. The van der Waals surface area contributed by atoms with Crippen molar-refractivity contribution in [1.29, 1.82) is 0 Å². The Morgan fingerprint density at radius 1 is 0.862 bits per heavy atom. The molecule has 0 radical (unpaired) electrons. The van der Waals surface area contributed by atoms with Crippen molar-refractivity contribution in [3.05, 3.63) is 114 Å². The maximum absolute atomic E-state index is 12.9. The molecule has 144 valence electrons. The maximum Gasteiger partial charge on any atom is 0.417 e. The highest BCUT2D eigenvalue weighted by atomic mass is 16.6. The van der Waals surface area contributed by atoms with Crippen molar-refractivity contribution < 1.29 is 14.3 Å². The Kier molecular flexibility index (Phi) is 5.52. The van der Waals surface area contributed by atoms with Gasteiger partial charge in [-0.25, -0.2) is 9.69 Å². The molecule has 29 heavy (non-hydrogen) atoms. The van der Waals surface area contributed by atoms with Gasteiger partial charge in [0.15, 0.2) is 0 Å². The van der Waals surface area contributed by atoms with Gasteiger partial charge in [0, 0.05) is 12.0 Å². The number of nitrogens with zero attached hydrogens (tertiary/aromatic N) is 1. The number of carbonyl (C=O) groups is 2. The van der Waals surface area contributed by atoms with Gasteiger partial charge in [-0.3, -0.25) is 4.79 Å². The molecule has 0 aromatic heterocycles. The predicted octanol–water partition coefficient (Wildman–Crippen LogP) is 4.88. The van der Waals surface area contributed by atoms with E-state index in [0.29, 0.717) is 0 Å². The van der Waals surface area contributed by atoms with Crippen molar-refractivity contribution in [3.8, 4) is 0 Å². The van der Waals surface area contributed by atoms with Crippen LogP contribution in [-0.4, -0.2) is 29.5 Å². The first-order valence-corrected chi connectivity index (χ1v) is 9.57. The molecule has 4 nitrogen and oxygen atoms in total. The molecule has 1 aliphatic rings. The van der Waals surface area contributed by atoms with Crippen LogP contribution < -0.4 is 0 Å². The van der Waals surface area contributed by atoms with Crippen LogP contribution in [0.4, 0.5) is 4.79 Å². The van der Waals surface area contributed by atoms with Crippen LogP contribution in [0.25, 0.3) is 6.08 Å². The standard InChI is InChI=1S/C25H21NO3/c27-23(17-16-19-10-4-1-5-11-19)26-22(18-29-25(26)28)24(20-12-6-2-7-13-20)21-14-8-3-9-15-21/h1-17,22,24H,18H2/b17-16+. The molecule has 2 amide bonds. The molecule has 1 saturated heterocycles. The van der Waals surface area contributed by atoms with Crippen molar-refractivity contribution in [2.24, 2.45) is 0 Å². The molecular formula is C25H21NO3. The molecule has 0 aliphatic carbocycles. The van der Waals surface area contributed by atoms with Crippen molar-refractivity contribution in [2.75, 3.05) is 6.61 Å². The van der Waals surface area contributed by atoms with Crippen molar-refractivity contribution in [2.45, 2.75) is 12.0 Å². The van der Waals surface area contributed by atoms with Gasteiger partial charge in [-0.05, 0) is 22.8 Å². The van der Waals surface area contributed by atoms with Crippen LogP contribution in [0.15, 0.2) is 97.1 Å². The summed E-state index contributed by atoms with van der Waals surface area (Å²) >= 11 is 0. The van der Waals surface area contributed by atoms with Crippen molar-refractivity contribution >= 4 is 18.1 Å². The topological polar surface area (TPSA) is 46.6 Å². The van der Waals surface area contributed by atoms with Crippen LogP contribution in [0.3, 0.4) is 0 Å². The molecule has 4 rings (SSSR count). The van der Waals surface area contributed by atoms with Crippen LogP contribution in [0.5, 0.6) is 0 Å². The van der Waals surface area contributed by atoms with Gasteiger partial charge >= 0.3 is 6.09 Å². The number of amides is 2. The molecule has 0 spiro atoms. The van der Waals surface area contributed by atoms with Crippen LogP contribution in [0.2, 0.25) is 0 Å². The smallest absolute Gasteiger partial charge is 0.417 e. The predicted molar refractivity (Wildman–Crippen MR) is 112 cm³/mol. The van der Waals surface area contributed by atoms with Crippen LogP contribution in [-0.2, 0) is 9.53 Å². The number of cyclic esters (lactones) is 1. The fourth-order valence-electron chi connectivity index (χ4n) is 3.70. The fraction of sp³-hybridized carbons (Fsp3) is 0.120. The van der Waals surface area contributed by atoms with Gasteiger partial charge in [0.2, 0.25) is 0 Å². The largest absolute Gasteiger partial charge is 0.447 e. The summed E-state index contributed by atoms with van der Waals surface area (Å²) in [5.41, 5.74) is 2.96. The zero-order valence-electron chi connectivity index (χ0n) is 15.8. The van der Waals surface area contributed by atoms with E-state index in [2.05, 4.69) is 0 Å². The summed E-state index contributed by atoms with van der Waals surface area (Å²) in [5.74, 6) is -0.545. The van der Waals surface area contributed by atoms with Gasteiger partial charge in [-0.1, -0.05) is 91.0 Å². The molecule has 3 aromatic carbocycles. The fourth-order valence-corrected chi connectivity index (χ4v) is 3.70. The number of carbonyl (C=O) groups excluding carboxylic acids is 2. The van der Waals surface area contributed by atoms with E-state index in [0.717, 1.165) is 16.7 Å². The summed E-state index contributed by atoms with van der Waals surface area (Å²) in [6, 6.07) is 28.9. The van der Waals surface area contributed by atoms with Gasteiger partial charge in [0.1, 0.15) is 6.61 Å². The van der Waals surface area contributed by atoms with Gasteiger partial charge in [-0.2, -0.15) is 0 Å². The first kappa shape index (κ1) is 18.7. The van der Waals surface area contributed by atoms with Crippen LogP contribution in [0.1, 0.15) is 22.6 Å².